The minimum Gasteiger partial charge on any atom is -0.383 e. The Hall–Kier alpha value is -1.14. The van der Waals surface area contributed by atoms with E-state index in [1.807, 2.05) is 0 Å². The fraction of sp³-hybridized carbons (Fsp3) is 0.500. The van der Waals surface area contributed by atoms with Gasteiger partial charge in [0.05, 0.1) is 23.3 Å². The van der Waals surface area contributed by atoms with Crippen LogP contribution in [0.4, 0.5) is 11.4 Å². The van der Waals surface area contributed by atoms with Crippen molar-refractivity contribution in [2.45, 2.75) is 19.9 Å². The smallest absolute Gasteiger partial charge is 0.271 e. The lowest BCUT2D eigenvalue weighted by Crippen LogP contribution is -2.30. The van der Waals surface area contributed by atoms with Crippen molar-refractivity contribution in [3.05, 3.63) is 32.8 Å². The number of non-ortho nitro benzene ring substituents is 1. The van der Waals surface area contributed by atoms with Crippen LogP contribution in [0.1, 0.15) is 13.8 Å². The van der Waals surface area contributed by atoms with E-state index in [0.717, 1.165) is 4.47 Å². The van der Waals surface area contributed by atoms with Gasteiger partial charge in [-0.05, 0) is 27.9 Å². The lowest BCUT2D eigenvalue weighted by atomic mass is 10.0. The first-order chi connectivity index (χ1) is 8.45. The lowest BCUT2D eigenvalue weighted by Gasteiger charge is -2.23. The second kappa shape index (κ2) is 6.70. The molecule has 0 aliphatic rings. The van der Waals surface area contributed by atoms with Crippen molar-refractivity contribution in [3.63, 3.8) is 0 Å². The zero-order valence-electron chi connectivity index (χ0n) is 10.6. The summed E-state index contributed by atoms with van der Waals surface area (Å²) >= 11 is 3.38. The minimum absolute atomic E-state index is 0.0700. The molecule has 1 rings (SSSR count). The molecule has 0 fully saturated rings. The minimum atomic E-state index is -0.404. The standard InChI is InChI=1S/C12H17BrN2O3/c1-8(2)12(7-18-3)14-11-6-9(15(16)17)4-5-10(11)13/h4-6,8,12,14H,7H2,1-3H3. The first-order valence-corrected chi connectivity index (χ1v) is 6.44. The quantitative estimate of drug-likeness (QED) is 0.645. The van der Waals surface area contributed by atoms with E-state index < -0.39 is 4.92 Å². The zero-order valence-corrected chi connectivity index (χ0v) is 12.2. The third-order valence-electron chi connectivity index (χ3n) is 2.65. The van der Waals surface area contributed by atoms with Gasteiger partial charge in [0.1, 0.15) is 0 Å². The van der Waals surface area contributed by atoms with Crippen LogP contribution in [0.25, 0.3) is 0 Å². The van der Waals surface area contributed by atoms with Crippen LogP contribution in [-0.4, -0.2) is 24.7 Å². The van der Waals surface area contributed by atoms with Gasteiger partial charge in [-0.25, -0.2) is 0 Å². The summed E-state index contributed by atoms with van der Waals surface area (Å²) in [7, 11) is 1.64. The number of nitrogens with one attached hydrogen (secondary N) is 1. The van der Waals surface area contributed by atoms with Gasteiger partial charge in [-0.2, -0.15) is 0 Å². The molecule has 0 aliphatic heterocycles. The lowest BCUT2D eigenvalue weighted by molar-refractivity contribution is -0.384. The Morgan fingerprint density at radius 3 is 2.67 bits per heavy atom. The molecule has 0 radical (unpaired) electrons. The summed E-state index contributed by atoms with van der Waals surface area (Å²) in [4.78, 5) is 10.3. The van der Waals surface area contributed by atoms with Crippen LogP contribution in [0.15, 0.2) is 22.7 Å². The molecule has 1 atom stereocenters. The fourth-order valence-corrected chi connectivity index (χ4v) is 1.88. The molecule has 0 heterocycles. The number of nitrogens with zero attached hydrogens (tertiary/aromatic N) is 1. The summed E-state index contributed by atoms with van der Waals surface area (Å²) in [6.45, 7) is 4.69. The largest absolute Gasteiger partial charge is 0.383 e. The molecule has 0 saturated carbocycles. The molecule has 1 aromatic rings. The monoisotopic (exact) mass is 316 g/mol. The number of nitro benzene ring substituents is 1. The molecule has 0 spiro atoms. The van der Waals surface area contributed by atoms with Gasteiger partial charge >= 0.3 is 0 Å². The Morgan fingerprint density at radius 1 is 1.50 bits per heavy atom. The van der Waals surface area contributed by atoms with Gasteiger partial charge in [0.2, 0.25) is 0 Å². The Kier molecular flexibility index (Phi) is 5.55. The molecular formula is C12H17BrN2O3. The normalized spacial score (nSPS) is 12.5. The van der Waals surface area contributed by atoms with E-state index in [1.165, 1.54) is 12.1 Å². The maximum Gasteiger partial charge on any atom is 0.271 e. The number of ether oxygens (including phenoxy) is 1. The first-order valence-electron chi connectivity index (χ1n) is 5.65. The Morgan fingerprint density at radius 2 is 2.17 bits per heavy atom. The van der Waals surface area contributed by atoms with Crippen molar-refractivity contribution in [1.29, 1.82) is 0 Å². The average Bonchev–Trinajstić information content (AvgIpc) is 2.30. The summed E-state index contributed by atoms with van der Waals surface area (Å²) in [5.74, 6) is 0.358. The highest BCUT2D eigenvalue weighted by Crippen LogP contribution is 2.28. The highest BCUT2D eigenvalue weighted by atomic mass is 79.9. The second-order valence-electron chi connectivity index (χ2n) is 4.37. The number of methoxy groups -OCH3 is 1. The van der Waals surface area contributed by atoms with Gasteiger partial charge in [0.15, 0.2) is 0 Å². The summed E-state index contributed by atoms with van der Waals surface area (Å²) in [6, 6.07) is 4.77. The van der Waals surface area contributed by atoms with Crippen LogP contribution in [0.5, 0.6) is 0 Å². The zero-order chi connectivity index (χ0) is 13.7. The topological polar surface area (TPSA) is 64.4 Å². The number of anilines is 1. The Balaban J connectivity index is 2.93. The molecular weight excluding hydrogens is 300 g/mol. The molecule has 1 unspecified atom stereocenters. The van der Waals surface area contributed by atoms with Crippen LogP contribution in [-0.2, 0) is 4.74 Å². The Labute approximate surface area is 115 Å². The molecule has 18 heavy (non-hydrogen) atoms. The SMILES string of the molecule is COCC(Nc1cc([N+](=O)[O-])ccc1Br)C(C)C. The maximum absolute atomic E-state index is 10.7. The third-order valence-corrected chi connectivity index (χ3v) is 3.34. The predicted octanol–water partition coefficient (Wildman–Crippen LogP) is 3.44. The van der Waals surface area contributed by atoms with Gasteiger partial charge in [-0.3, -0.25) is 10.1 Å². The molecule has 0 aromatic heterocycles. The van der Waals surface area contributed by atoms with E-state index >= 15 is 0 Å². The van der Waals surface area contributed by atoms with Gasteiger partial charge in [-0.1, -0.05) is 13.8 Å². The van der Waals surface area contributed by atoms with Crippen molar-refractivity contribution in [2.24, 2.45) is 5.92 Å². The van der Waals surface area contributed by atoms with E-state index in [9.17, 15) is 10.1 Å². The van der Waals surface area contributed by atoms with Crippen LogP contribution in [0.3, 0.4) is 0 Å². The highest BCUT2D eigenvalue weighted by molar-refractivity contribution is 9.10. The molecule has 1 N–H and O–H groups in total. The molecule has 1 aromatic carbocycles. The molecule has 0 amide bonds. The highest BCUT2D eigenvalue weighted by Gasteiger charge is 2.16. The Bertz CT molecular complexity index is 424. The summed E-state index contributed by atoms with van der Waals surface area (Å²) in [5.41, 5.74) is 0.778. The summed E-state index contributed by atoms with van der Waals surface area (Å²) < 4.78 is 5.94. The number of hydrogen-bond donors (Lipinski definition) is 1. The molecule has 0 bridgehead atoms. The van der Waals surface area contributed by atoms with E-state index in [2.05, 4.69) is 35.1 Å². The first kappa shape index (κ1) is 14.9. The van der Waals surface area contributed by atoms with Crippen LogP contribution >= 0.6 is 15.9 Å². The van der Waals surface area contributed by atoms with Crippen molar-refractivity contribution in [2.75, 3.05) is 19.0 Å². The van der Waals surface area contributed by atoms with Gasteiger partial charge in [0, 0.05) is 23.7 Å². The number of hydrogen-bond acceptors (Lipinski definition) is 4. The predicted molar refractivity (Wildman–Crippen MR) is 74.9 cm³/mol. The van der Waals surface area contributed by atoms with Crippen molar-refractivity contribution < 1.29 is 9.66 Å². The molecule has 0 saturated heterocycles. The number of rotatable bonds is 6. The van der Waals surface area contributed by atoms with E-state index in [-0.39, 0.29) is 11.7 Å². The number of benzene rings is 1. The van der Waals surface area contributed by atoms with Crippen molar-refractivity contribution in [1.82, 2.24) is 0 Å². The fourth-order valence-electron chi connectivity index (χ4n) is 1.52. The van der Waals surface area contributed by atoms with Crippen molar-refractivity contribution in [3.8, 4) is 0 Å². The molecule has 100 valence electrons. The second-order valence-corrected chi connectivity index (χ2v) is 5.23. The van der Waals surface area contributed by atoms with E-state index in [1.54, 1.807) is 13.2 Å². The maximum atomic E-state index is 10.7. The number of halogens is 1. The number of nitro groups is 1. The third kappa shape index (κ3) is 3.96. The van der Waals surface area contributed by atoms with E-state index in [4.69, 9.17) is 4.74 Å². The van der Waals surface area contributed by atoms with Gasteiger partial charge in [0.25, 0.3) is 5.69 Å². The molecule has 5 nitrogen and oxygen atoms in total. The molecule has 0 aliphatic carbocycles. The summed E-state index contributed by atoms with van der Waals surface area (Å²) in [6.07, 6.45) is 0. The van der Waals surface area contributed by atoms with Gasteiger partial charge in [-0.15, -0.1) is 0 Å². The van der Waals surface area contributed by atoms with Gasteiger partial charge < -0.3 is 10.1 Å². The van der Waals surface area contributed by atoms with E-state index in [0.29, 0.717) is 18.2 Å². The summed E-state index contributed by atoms with van der Waals surface area (Å²) in [5, 5.41) is 14.0. The van der Waals surface area contributed by atoms with Crippen LogP contribution < -0.4 is 5.32 Å². The van der Waals surface area contributed by atoms with Crippen LogP contribution in [0.2, 0.25) is 0 Å². The molecule has 6 heteroatoms. The van der Waals surface area contributed by atoms with Crippen LogP contribution in [0, 0.1) is 16.0 Å². The average molecular weight is 317 g/mol. The van der Waals surface area contributed by atoms with Crippen molar-refractivity contribution >= 4 is 27.3 Å².